The number of nitrogens with one attached hydrogen (secondary N) is 1. The molecule has 1 saturated carbocycles. The number of likely N-dealkylation sites (N-methyl/N-ethyl adjacent to an activating group) is 1. The van der Waals surface area contributed by atoms with E-state index in [0.717, 1.165) is 25.2 Å². The summed E-state index contributed by atoms with van der Waals surface area (Å²) in [5, 5.41) is 3.23. The van der Waals surface area contributed by atoms with Crippen LogP contribution in [-0.4, -0.2) is 46.1 Å². The highest BCUT2D eigenvalue weighted by atomic mass is 16.5. The molecule has 1 aromatic rings. The van der Waals surface area contributed by atoms with Crippen LogP contribution >= 0.6 is 0 Å². The Balaban J connectivity index is 1.86. The maximum absolute atomic E-state index is 5.95. The van der Waals surface area contributed by atoms with Crippen molar-refractivity contribution in [1.82, 2.24) is 5.32 Å². The van der Waals surface area contributed by atoms with E-state index < -0.39 is 0 Å². The maximum atomic E-state index is 5.95. The van der Waals surface area contributed by atoms with Crippen molar-refractivity contribution in [2.24, 2.45) is 0 Å². The summed E-state index contributed by atoms with van der Waals surface area (Å²) in [6.07, 6.45) is 2.20. The van der Waals surface area contributed by atoms with E-state index in [-0.39, 0.29) is 12.2 Å². The van der Waals surface area contributed by atoms with Crippen molar-refractivity contribution in [1.29, 1.82) is 0 Å². The molecule has 0 saturated heterocycles. The van der Waals surface area contributed by atoms with Crippen LogP contribution in [0.4, 0.5) is 0 Å². The summed E-state index contributed by atoms with van der Waals surface area (Å²) in [5.74, 6) is 0.905. The predicted molar refractivity (Wildman–Crippen MR) is 74.7 cm³/mol. The van der Waals surface area contributed by atoms with Gasteiger partial charge in [-0.25, -0.2) is 0 Å². The summed E-state index contributed by atoms with van der Waals surface area (Å²) in [4.78, 5) is 0. The summed E-state index contributed by atoms with van der Waals surface area (Å²) in [5.41, 5.74) is 1.26. The van der Waals surface area contributed by atoms with Crippen LogP contribution in [0.15, 0.2) is 24.3 Å². The Morgan fingerprint density at radius 1 is 1.21 bits per heavy atom. The minimum atomic E-state index is 0.137. The number of methoxy groups -OCH3 is 2. The second-order valence-corrected chi connectivity index (χ2v) is 4.87. The van der Waals surface area contributed by atoms with E-state index in [1.807, 2.05) is 19.2 Å². The monoisotopic (exact) mass is 265 g/mol. The molecular weight excluding hydrogens is 242 g/mol. The van der Waals surface area contributed by atoms with Gasteiger partial charge in [0, 0.05) is 26.7 Å². The van der Waals surface area contributed by atoms with Crippen LogP contribution in [0.3, 0.4) is 0 Å². The minimum absolute atomic E-state index is 0.137. The topological polar surface area (TPSA) is 39.7 Å². The van der Waals surface area contributed by atoms with Crippen molar-refractivity contribution in [2.75, 3.05) is 27.9 Å². The summed E-state index contributed by atoms with van der Waals surface area (Å²) in [7, 11) is 5.41. The third kappa shape index (κ3) is 3.47. The van der Waals surface area contributed by atoms with Gasteiger partial charge in [-0.15, -0.1) is 0 Å². The Kier molecular flexibility index (Phi) is 5.19. The molecule has 3 unspecified atom stereocenters. The highest BCUT2D eigenvalue weighted by Gasteiger charge is 2.42. The van der Waals surface area contributed by atoms with Gasteiger partial charge in [-0.2, -0.15) is 0 Å². The van der Waals surface area contributed by atoms with Crippen LogP contribution in [0.5, 0.6) is 5.75 Å². The Labute approximate surface area is 115 Å². The first kappa shape index (κ1) is 14.3. The molecular formula is C15H23NO3. The van der Waals surface area contributed by atoms with E-state index in [0.29, 0.717) is 6.04 Å². The highest BCUT2D eigenvalue weighted by molar-refractivity contribution is 5.28. The molecule has 106 valence electrons. The largest absolute Gasteiger partial charge is 0.488 e. The van der Waals surface area contributed by atoms with E-state index in [9.17, 15) is 0 Å². The molecule has 4 nitrogen and oxygen atoms in total. The Bertz CT molecular complexity index is 379. The van der Waals surface area contributed by atoms with E-state index in [2.05, 4.69) is 17.4 Å². The third-order valence-electron chi connectivity index (χ3n) is 3.70. The molecule has 0 spiro atoms. The molecule has 2 rings (SSSR count). The van der Waals surface area contributed by atoms with Gasteiger partial charge in [-0.05, 0) is 31.2 Å². The molecule has 0 aliphatic heterocycles. The lowest BCUT2D eigenvalue weighted by molar-refractivity contribution is -0.0869. The second kappa shape index (κ2) is 6.89. The second-order valence-electron chi connectivity index (χ2n) is 4.87. The molecule has 3 atom stereocenters. The molecule has 1 aromatic carbocycles. The zero-order valence-corrected chi connectivity index (χ0v) is 11.9. The molecule has 4 heteroatoms. The van der Waals surface area contributed by atoms with Crippen molar-refractivity contribution in [2.45, 2.75) is 31.1 Å². The van der Waals surface area contributed by atoms with Crippen molar-refractivity contribution in [3.63, 3.8) is 0 Å². The molecule has 1 aliphatic carbocycles. The Hall–Kier alpha value is -1.10. The highest BCUT2D eigenvalue weighted by Crippen LogP contribution is 2.28. The standard InChI is InChI=1S/C15H23NO3/c1-16-13-10-14(15(13)18-3)19-12-6-4-11(5-7-12)8-9-17-2/h4-7,13-16H,8-10H2,1-3H3. The van der Waals surface area contributed by atoms with Crippen LogP contribution in [0.1, 0.15) is 12.0 Å². The van der Waals surface area contributed by atoms with Crippen LogP contribution in [0.2, 0.25) is 0 Å². The number of hydrogen-bond donors (Lipinski definition) is 1. The van der Waals surface area contributed by atoms with E-state index in [1.165, 1.54) is 5.56 Å². The first-order valence-corrected chi connectivity index (χ1v) is 6.73. The quantitative estimate of drug-likeness (QED) is 0.813. The molecule has 1 aliphatic rings. The van der Waals surface area contributed by atoms with Crippen LogP contribution in [0, 0.1) is 0 Å². The summed E-state index contributed by atoms with van der Waals surface area (Å²) >= 11 is 0. The molecule has 19 heavy (non-hydrogen) atoms. The fraction of sp³-hybridized carbons (Fsp3) is 0.600. The molecule has 0 heterocycles. The van der Waals surface area contributed by atoms with Gasteiger partial charge in [0.15, 0.2) is 0 Å². The normalized spacial score (nSPS) is 25.9. The third-order valence-corrected chi connectivity index (χ3v) is 3.70. The lowest BCUT2D eigenvalue weighted by Gasteiger charge is -2.42. The maximum Gasteiger partial charge on any atom is 0.128 e. The van der Waals surface area contributed by atoms with Gasteiger partial charge in [-0.1, -0.05) is 12.1 Å². The average Bonchev–Trinajstić information content (AvgIpc) is 2.42. The SMILES string of the molecule is CNC1CC(Oc2ccc(CCOC)cc2)C1OC. The van der Waals surface area contributed by atoms with Crippen molar-refractivity contribution in [3.05, 3.63) is 29.8 Å². The summed E-state index contributed by atoms with van der Waals surface area (Å²) in [6, 6.07) is 8.61. The van der Waals surface area contributed by atoms with Gasteiger partial charge in [0.05, 0.1) is 6.61 Å². The fourth-order valence-electron chi connectivity index (χ4n) is 2.42. The van der Waals surface area contributed by atoms with Crippen LogP contribution in [0.25, 0.3) is 0 Å². The molecule has 1 fully saturated rings. The minimum Gasteiger partial charge on any atom is -0.488 e. The van der Waals surface area contributed by atoms with Gasteiger partial charge >= 0.3 is 0 Å². The Morgan fingerprint density at radius 2 is 1.95 bits per heavy atom. The number of hydrogen-bond acceptors (Lipinski definition) is 4. The van der Waals surface area contributed by atoms with Gasteiger partial charge in [-0.3, -0.25) is 0 Å². The Morgan fingerprint density at radius 3 is 2.53 bits per heavy atom. The molecule has 0 aromatic heterocycles. The summed E-state index contributed by atoms with van der Waals surface area (Å²) < 4.78 is 16.5. The van der Waals surface area contributed by atoms with E-state index in [1.54, 1.807) is 14.2 Å². The first-order chi connectivity index (χ1) is 9.28. The fourth-order valence-corrected chi connectivity index (χ4v) is 2.42. The molecule has 0 amide bonds. The van der Waals surface area contributed by atoms with Crippen LogP contribution in [-0.2, 0) is 15.9 Å². The van der Waals surface area contributed by atoms with Crippen molar-refractivity contribution >= 4 is 0 Å². The van der Waals surface area contributed by atoms with Crippen molar-refractivity contribution < 1.29 is 14.2 Å². The predicted octanol–water partition coefficient (Wildman–Crippen LogP) is 1.63. The summed E-state index contributed by atoms with van der Waals surface area (Å²) in [6.45, 7) is 0.748. The van der Waals surface area contributed by atoms with E-state index >= 15 is 0 Å². The number of rotatable bonds is 7. The lowest BCUT2D eigenvalue weighted by atomic mass is 9.85. The number of benzene rings is 1. The van der Waals surface area contributed by atoms with Crippen molar-refractivity contribution in [3.8, 4) is 5.75 Å². The van der Waals surface area contributed by atoms with Gasteiger partial charge in [0.25, 0.3) is 0 Å². The van der Waals surface area contributed by atoms with E-state index in [4.69, 9.17) is 14.2 Å². The molecule has 1 N–H and O–H groups in total. The average molecular weight is 265 g/mol. The van der Waals surface area contributed by atoms with Gasteiger partial charge < -0.3 is 19.5 Å². The van der Waals surface area contributed by atoms with Crippen LogP contribution < -0.4 is 10.1 Å². The molecule has 0 radical (unpaired) electrons. The first-order valence-electron chi connectivity index (χ1n) is 6.73. The zero-order valence-electron chi connectivity index (χ0n) is 11.9. The lowest BCUT2D eigenvalue weighted by Crippen LogP contribution is -2.60. The van der Waals surface area contributed by atoms with Gasteiger partial charge in [0.2, 0.25) is 0 Å². The van der Waals surface area contributed by atoms with Gasteiger partial charge in [0.1, 0.15) is 18.0 Å². The molecule has 0 bridgehead atoms. The smallest absolute Gasteiger partial charge is 0.128 e. The zero-order chi connectivity index (χ0) is 13.7. The number of ether oxygens (including phenoxy) is 3.